The number of thioether (sulfide) groups is 1. The van der Waals surface area contributed by atoms with Crippen molar-refractivity contribution in [2.75, 3.05) is 11.1 Å². The standard InChI is InChI=1S/C15H14Cl2N2S/c1-9-6-11(8-18-15(9)17)19-13-4-5-20-14-3-2-10(16)7-12(13)14/h2-3,6-8,13,19H,4-5H2,1H3. The van der Waals surface area contributed by atoms with Gasteiger partial charge in [-0.2, -0.15) is 0 Å². The SMILES string of the molecule is Cc1cc(NC2CCSc3ccc(Cl)cc32)cnc1Cl. The van der Waals surface area contributed by atoms with Crippen LogP contribution in [0.3, 0.4) is 0 Å². The summed E-state index contributed by atoms with van der Waals surface area (Å²) in [6.45, 7) is 1.96. The Kier molecular flexibility index (Phi) is 4.11. The smallest absolute Gasteiger partial charge is 0.132 e. The molecule has 1 N–H and O–H groups in total. The van der Waals surface area contributed by atoms with Gasteiger partial charge in [0.15, 0.2) is 0 Å². The molecule has 0 bridgehead atoms. The van der Waals surface area contributed by atoms with E-state index in [2.05, 4.69) is 22.4 Å². The molecule has 1 atom stereocenters. The molecule has 0 amide bonds. The summed E-state index contributed by atoms with van der Waals surface area (Å²) in [5.41, 5.74) is 3.24. The minimum Gasteiger partial charge on any atom is -0.377 e. The third-order valence-electron chi connectivity index (χ3n) is 3.37. The summed E-state index contributed by atoms with van der Waals surface area (Å²) in [5, 5.41) is 4.87. The van der Waals surface area contributed by atoms with E-state index in [-0.39, 0.29) is 6.04 Å². The van der Waals surface area contributed by atoms with Crippen LogP contribution in [0.25, 0.3) is 0 Å². The lowest BCUT2D eigenvalue weighted by molar-refractivity contribution is 0.728. The number of aryl methyl sites for hydroxylation is 1. The highest BCUT2D eigenvalue weighted by Crippen LogP contribution is 2.39. The zero-order valence-corrected chi connectivity index (χ0v) is 13.3. The summed E-state index contributed by atoms with van der Waals surface area (Å²) in [5.74, 6) is 1.10. The maximum Gasteiger partial charge on any atom is 0.132 e. The summed E-state index contributed by atoms with van der Waals surface area (Å²) < 4.78 is 0. The number of rotatable bonds is 2. The van der Waals surface area contributed by atoms with Crippen LogP contribution in [0, 0.1) is 6.92 Å². The first kappa shape index (κ1) is 14.1. The van der Waals surface area contributed by atoms with Gasteiger partial charge in [-0.3, -0.25) is 0 Å². The molecular weight excluding hydrogens is 311 g/mol. The Hall–Kier alpha value is -0.900. The molecular formula is C15H14Cl2N2S. The normalized spacial score (nSPS) is 17.6. The van der Waals surface area contributed by atoms with Crippen LogP contribution >= 0.6 is 35.0 Å². The molecule has 1 aliphatic rings. The largest absolute Gasteiger partial charge is 0.377 e. The Morgan fingerprint density at radius 1 is 1.30 bits per heavy atom. The van der Waals surface area contributed by atoms with E-state index in [1.165, 1.54) is 10.5 Å². The number of anilines is 1. The number of fused-ring (bicyclic) bond motifs is 1. The predicted octanol–water partition coefficient (Wildman–Crippen LogP) is 5.35. The monoisotopic (exact) mass is 324 g/mol. The Morgan fingerprint density at radius 3 is 2.95 bits per heavy atom. The van der Waals surface area contributed by atoms with Crippen molar-refractivity contribution in [3.05, 3.63) is 51.8 Å². The fraction of sp³-hybridized carbons (Fsp3) is 0.267. The Morgan fingerprint density at radius 2 is 2.15 bits per heavy atom. The van der Waals surface area contributed by atoms with Gasteiger partial charge < -0.3 is 5.32 Å². The number of nitrogens with zero attached hydrogens (tertiary/aromatic N) is 1. The average Bonchev–Trinajstić information content (AvgIpc) is 2.44. The number of halogens is 2. The highest BCUT2D eigenvalue weighted by atomic mass is 35.5. The van der Waals surface area contributed by atoms with Crippen molar-refractivity contribution in [3.63, 3.8) is 0 Å². The molecule has 2 heterocycles. The van der Waals surface area contributed by atoms with Gasteiger partial charge in [0.1, 0.15) is 5.15 Å². The molecule has 0 saturated heterocycles. The third kappa shape index (κ3) is 2.90. The summed E-state index contributed by atoms with van der Waals surface area (Å²) in [4.78, 5) is 5.49. The molecule has 104 valence electrons. The van der Waals surface area contributed by atoms with Crippen molar-refractivity contribution < 1.29 is 0 Å². The first-order chi connectivity index (χ1) is 9.63. The minimum absolute atomic E-state index is 0.271. The number of hydrogen-bond acceptors (Lipinski definition) is 3. The number of nitrogens with one attached hydrogen (secondary N) is 1. The molecule has 1 unspecified atom stereocenters. The van der Waals surface area contributed by atoms with Crippen molar-refractivity contribution in [2.24, 2.45) is 0 Å². The second-order valence-electron chi connectivity index (χ2n) is 4.85. The quantitative estimate of drug-likeness (QED) is 0.754. The van der Waals surface area contributed by atoms with Crippen molar-refractivity contribution in [2.45, 2.75) is 24.3 Å². The van der Waals surface area contributed by atoms with E-state index in [0.29, 0.717) is 5.15 Å². The zero-order valence-electron chi connectivity index (χ0n) is 11.0. The first-order valence-electron chi connectivity index (χ1n) is 6.44. The number of aromatic nitrogens is 1. The number of benzene rings is 1. The molecule has 20 heavy (non-hydrogen) atoms. The molecule has 0 radical (unpaired) electrons. The Bertz CT molecular complexity index is 646. The van der Waals surface area contributed by atoms with E-state index >= 15 is 0 Å². The molecule has 3 rings (SSSR count). The van der Waals surface area contributed by atoms with Crippen molar-refractivity contribution in [1.29, 1.82) is 0 Å². The van der Waals surface area contributed by atoms with Gasteiger partial charge >= 0.3 is 0 Å². The van der Waals surface area contributed by atoms with Gasteiger partial charge in [0.25, 0.3) is 0 Å². The first-order valence-corrected chi connectivity index (χ1v) is 8.18. The lowest BCUT2D eigenvalue weighted by Crippen LogP contribution is -2.16. The van der Waals surface area contributed by atoms with Gasteiger partial charge in [0.2, 0.25) is 0 Å². The fourth-order valence-corrected chi connectivity index (χ4v) is 3.74. The van der Waals surface area contributed by atoms with E-state index in [1.807, 2.05) is 30.8 Å². The Balaban J connectivity index is 1.89. The average molecular weight is 325 g/mol. The zero-order chi connectivity index (χ0) is 14.1. The second kappa shape index (κ2) is 5.84. The maximum absolute atomic E-state index is 6.12. The fourth-order valence-electron chi connectivity index (χ4n) is 2.35. The second-order valence-corrected chi connectivity index (χ2v) is 6.78. The topological polar surface area (TPSA) is 24.9 Å². The van der Waals surface area contributed by atoms with Gasteiger partial charge in [0.05, 0.1) is 17.9 Å². The van der Waals surface area contributed by atoms with Crippen LogP contribution in [-0.4, -0.2) is 10.7 Å². The molecule has 0 fully saturated rings. The highest BCUT2D eigenvalue weighted by molar-refractivity contribution is 7.99. The van der Waals surface area contributed by atoms with Crippen LogP contribution in [0.4, 0.5) is 5.69 Å². The van der Waals surface area contributed by atoms with Gasteiger partial charge in [-0.15, -0.1) is 11.8 Å². The lowest BCUT2D eigenvalue weighted by atomic mass is 10.0. The highest BCUT2D eigenvalue weighted by Gasteiger charge is 2.21. The molecule has 1 aromatic heterocycles. The van der Waals surface area contributed by atoms with E-state index in [9.17, 15) is 0 Å². The molecule has 0 saturated carbocycles. The summed E-state index contributed by atoms with van der Waals surface area (Å²) >= 11 is 14.0. The molecule has 1 aliphatic heterocycles. The Labute approximate surface area is 132 Å². The molecule has 0 aliphatic carbocycles. The van der Waals surface area contributed by atoms with Gasteiger partial charge in [0, 0.05) is 15.7 Å². The van der Waals surface area contributed by atoms with Crippen LogP contribution in [0.15, 0.2) is 35.4 Å². The molecule has 2 nitrogen and oxygen atoms in total. The predicted molar refractivity (Wildman–Crippen MR) is 87.1 cm³/mol. The third-order valence-corrected chi connectivity index (χ3v) is 5.12. The van der Waals surface area contributed by atoms with E-state index in [4.69, 9.17) is 23.2 Å². The maximum atomic E-state index is 6.12. The summed E-state index contributed by atoms with van der Waals surface area (Å²) in [7, 11) is 0. The van der Waals surface area contributed by atoms with Gasteiger partial charge in [-0.25, -0.2) is 4.98 Å². The van der Waals surface area contributed by atoms with Crippen LogP contribution in [0.2, 0.25) is 10.2 Å². The lowest BCUT2D eigenvalue weighted by Gasteiger charge is -2.27. The van der Waals surface area contributed by atoms with E-state index in [1.54, 1.807) is 6.20 Å². The van der Waals surface area contributed by atoms with Crippen molar-refractivity contribution in [1.82, 2.24) is 4.98 Å². The van der Waals surface area contributed by atoms with Crippen LogP contribution in [-0.2, 0) is 0 Å². The van der Waals surface area contributed by atoms with Gasteiger partial charge in [-0.05, 0) is 48.7 Å². The van der Waals surface area contributed by atoms with Gasteiger partial charge in [-0.1, -0.05) is 23.2 Å². The minimum atomic E-state index is 0.271. The van der Waals surface area contributed by atoms with Crippen LogP contribution < -0.4 is 5.32 Å². The molecule has 0 spiro atoms. The number of pyridine rings is 1. The van der Waals surface area contributed by atoms with Crippen LogP contribution in [0.1, 0.15) is 23.6 Å². The summed E-state index contributed by atoms with van der Waals surface area (Å²) in [6, 6.07) is 8.40. The molecule has 2 aromatic rings. The summed E-state index contributed by atoms with van der Waals surface area (Å²) in [6.07, 6.45) is 2.85. The molecule has 5 heteroatoms. The van der Waals surface area contributed by atoms with E-state index in [0.717, 1.165) is 28.4 Å². The van der Waals surface area contributed by atoms with E-state index < -0.39 is 0 Å². The molecule has 1 aromatic carbocycles. The van der Waals surface area contributed by atoms with Crippen LogP contribution in [0.5, 0.6) is 0 Å². The van der Waals surface area contributed by atoms with Crippen molar-refractivity contribution >= 4 is 40.7 Å². The van der Waals surface area contributed by atoms with Crippen molar-refractivity contribution in [3.8, 4) is 0 Å². The number of hydrogen-bond donors (Lipinski definition) is 1.